The molecule has 0 aromatic rings. The van der Waals surface area contributed by atoms with E-state index >= 15 is 0 Å². The van der Waals surface area contributed by atoms with Gasteiger partial charge in [0, 0.05) is 14.1 Å². The highest BCUT2D eigenvalue weighted by Crippen LogP contribution is 1.78. The van der Waals surface area contributed by atoms with Crippen LogP contribution < -0.4 is 5.32 Å². The molecule has 2 amide bonds. The quantitative estimate of drug-likeness (QED) is 0.401. The molecule has 0 radical (unpaired) electrons. The Bertz CT molecular complexity index is 114. The van der Waals surface area contributed by atoms with E-state index in [1.165, 1.54) is 14.1 Å². The van der Waals surface area contributed by atoms with Gasteiger partial charge >= 0.3 is 6.09 Å². The highest BCUT2D eigenvalue weighted by atomic mass is 16.7. The average Bonchev–Trinajstić information content (AvgIpc) is 1.87. The second-order valence-corrected chi connectivity index (χ2v) is 1.28. The summed E-state index contributed by atoms with van der Waals surface area (Å²) in [5, 5.41) is 2.93. The molecule has 1 N–H and O–H groups in total. The molecule has 0 aliphatic heterocycles. The van der Waals surface area contributed by atoms with Crippen LogP contribution in [0.4, 0.5) is 4.79 Å². The molecule has 0 saturated carbocycles. The number of nitrogens with one attached hydrogen (secondary N) is 1. The molecule has 0 rings (SSSR count). The van der Waals surface area contributed by atoms with Crippen molar-refractivity contribution in [1.82, 2.24) is 10.4 Å². The van der Waals surface area contributed by atoms with E-state index < -0.39 is 6.09 Å². The molecule has 5 heteroatoms. The molecule has 0 aromatic heterocycles. The van der Waals surface area contributed by atoms with Gasteiger partial charge < -0.3 is 10.2 Å². The van der Waals surface area contributed by atoms with Crippen LogP contribution in [0.2, 0.25) is 0 Å². The monoisotopic (exact) mass is 132 g/mol. The topological polar surface area (TPSA) is 58.6 Å². The van der Waals surface area contributed by atoms with Gasteiger partial charge in [0.05, 0.1) is 0 Å². The summed E-state index contributed by atoms with van der Waals surface area (Å²) in [6.45, 7) is 0. The van der Waals surface area contributed by atoms with Gasteiger partial charge in [0.15, 0.2) is 0 Å². The molecule has 0 aliphatic carbocycles. The van der Waals surface area contributed by atoms with Gasteiger partial charge in [0.25, 0.3) is 0 Å². The van der Waals surface area contributed by atoms with E-state index in [0.717, 1.165) is 5.06 Å². The fraction of sp³-hybridized carbons (Fsp3) is 0.500. The van der Waals surface area contributed by atoms with Crippen LogP contribution in [0.3, 0.4) is 0 Å². The number of carbonyl (C=O) groups is 2. The number of hydroxylamine groups is 2. The predicted molar refractivity (Wildman–Crippen MR) is 29.4 cm³/mol. The van der Waals surface area contributed by atoms with E-state index in [2.05, 4.69) is 10.2 Å². The molecule has 0 saturated heterocycles. The summed E-state index contributed by atoms with van der Waals surface area (Å²) in [7, 11) is 2.73. The summed E-state index contributed by atoms with van der Waals surface area (Å²) in [4.78, 5) is 24.3. The number of nitrogens with zero attached hydrogens (tertiary/aromatic N) is 1. The van der Waals surface area contributed by atoms with Crippen LogP contribution in [0.15, 0.2) is 0 Å². The first-order valence-corrected chi connectivity index (χ1v) is 2.28. The third kappa shape index (κ3) is 3.33. The van der Waals surface area contributed by atoms with E-state index in [1.807, 2.05) is 0 Å². The molecule has 0 atom stereocenters. The first-order chi connectivity index (χ1) is 4.20. The van der Waals surface area contributed by atoms with Crippen molar-refractivity contribution in [1.29, 1.82) is 0 Å². The molecule has 0 heterocycles. The maximum absolute atomic E-state index is 10.2. The van der Waals surface area contributed by atoms with Crippen molar-refractivity contribution in [2.24, 2.45) is 0 Å². The highest BCUT2D eigenvalue weighted by molar-refractivity contribution is 5.67. The maximum Gasteiger partial charge on any atom is 0.431 e. The van der Waals surface area contributed by atoms with Gasteiger partial charge in [-0.3, -0.25) is 4.79 Å². The summed E-state index contributed by atoms with van der Waals surface area (Å²) < 4.78 is 0. The summed E-state index contributed by atoms with van der Waals surface area (Å²) in [6.07, 6.45) is -0.278. The summed E-state index contributed by atoms with van der Waals surface area (Å²) in [6, 6.07) is 0. The van der Waals surface area contributed by atoms with Gasteiger partial charge in [-0.15, -0.1) is 0 Å². The van der Waals surface area contributed by atoms with E-state index in [1.54, 1.807) is 0 Å². The fourth-order valence-electron chi connectivity index (χ4n) is 0.198. The van der Waals surface area contributed by atoms with Crippen LogP contribution >= 0.6 is 0 Å². The Kier molecular flexibility index (Phi) is 3.19. The zero-order valence-corrected chi connectivity index (χ0v) is 5.25. The van der Waals surface area contributed by atoms with E-state index in [0.29, 0.717) is 6.41 Å². The van der Waals surface area contributed by atoms with Crippen molar-refractivity contribution in [2.45, 2.75) is 0 Å². The van der Waals surface area contributed by atoms with Crippen molar-refractivity contribution in [2.75, 3.05) is 14.1 Å². The molecule has 0 aliphatic rings. The second-order valence-electron chi connectivity index (χ2n) is 1.28. The van der Waals surface area contributed by atoms with Gasteiger partial charge in [-0.1, -0.05) is 0 Å². The van der Waals surface area contributed by atoms with Crippen molar-refractivity contribution >= 4 is 12.5 Å². The first kappa shape index (κ1) is 7.74. The lowest BCUT2D eigenvalue weighted by atomic mass is 11.1. The van der Waals surface area contributed by atoms with Crippen LogP contribution in [-0.2, 0) is 9.63 Å². The Morgan fingerprint density at radius 2 is 2.33 bits per heavy atom. The van der Waals surface area contributed by atoms with Crippen LogP contribution in [0.25, 0.3) is 0 Å². The largest absolute Gasteiger partial charge is 0.431 e. The van der Waals surface area contributed by atoms with E-state index in [9.17, 15) is 9.59 Å². The molecular weight excluding hydrogens is 124 g/mol. The van der Waals surface area contributed by atoms with Gasteiger partial charge in [-0.2, -0.15) is 5.06 Å². The Morgan fingerprint density at radius 3 is 2.67 bits per heavy atom. The minimum absolute atomic E-state index is 0.384. The van der Waals surface area contributed by atoms with Crippen molar-refractivity contribution in [3.8, 4) is 0 Å². The number of rotatable bonds is 2. The fourth-order valence-corrected chi connectivity index (χ4v) is 0.198. The molecule has 0 bridgehead atoms. The lowest BCUT2D eigenvalue weighted by Crippen LogP contribution is -2.28. The van der Waals surface area contributed by atoms with Crippen molar-refractivity contribution < 1.29 is 14.4 Å². The standard InChI is InChI=1S/C4H8N2O3/c1-5-4(8)9-6(2)3-7/h3H,1-2H3,(H,5,8). The normalized spacial score (nSPS) is 7.78. The zero-order valence-electron chi connectivity index (χ0n) is 5.25. The van der Waals surface area contributed by atoms with Gasteiger partial charge in [0.1, 0.15) is 0 Å². The van der Waals surface area contributed by atoms with Crippen LogP contribution in [-0.4, -0.2) is 31.7 Å². The molecule has 0 fully saturated rings. The predicted octanol–water partition coefficient (Wildman–Crippen LogP) is -0.654. The van der Waals surface area contributed by atoms with Crippen LogP contribution in [0, 0.1) is 0 Å². The minimum atomic E-state index is -0.662. The summed E-state index contributed by atoms with van der Waals surface area (Å²) in [5.74, 6) is 0. The van der Waals surface area contributed by atoms with Gasteiger partial charge in [-0.25, -0.2) is 4.79 Å². The Balaban J connectivity index is 3.46. The van der Waals surface area contributed by atoms with Crippen LogP contribution in [0.1, 0.15) is 0 Å². The molecular formula is C4H8N2O3. The lowest BCUT2D eigenvalue weighted by Gasteiger charge is -2.07. The van der Waals surface area contributed by atoms with E-state index in [-0.39, 0.29) is 0 Å². The smallest absolute Gasteiger partial charge is 0.323 e. The van der Waals surface area contributed by atoms with Crippen LogP contribution in [0.5, 0.6) is 0 Å². The summed E-state index contributed by atoms with van der Waals surface area (Å²) in [5.41, 5.74) is 0. The van der Waals surface area contributed by atoms with Gasteiger partial charge in [-0.05, 0) is 0 Å². The van der Waals surface area contributed by atoms with Gasteiger partial charge in [0.2, 0.25) is 6.41 Å². The molecule has 0 unspecified atom stereocenters. The molecule has 52 valence electrons. The Morgan fingerprint density at radius 1 is 1.78 bits per heavy atom. The summed E-state index contributed by atoms with van der Waals surface area (Å²) >= 11 is 0. The van der Waals surface area contributed by atoms with Crippen molar-refractivity contribution in [3.63, 3.8) is 0 Å². The number of hydrogen-bond donors (Lipinski definition) is 1. The van der Waals surface area contributed by atoms with Crippen molar-refractivity contribution in [3.05, 3.63) is 0 Å². The third-order valence-corrected chi connectivity index (χ3v) is 0.579. The third-order valence-electron chi connectivity index (χ3n) is 0.579. The average molecular weight is 132 g/mol. The maximum atomic E-state index is 10.2. The number of carbonyl (C=O) groups excluding carboxylic acids is 2. The first-order valence-electron chi connectivity index (χ1n) is 2.28. The molecule has 0 aromatic carbocycles. The molecule has 5 nitrogen and oxygen atoms in total. The highest BCUT2D eigenvalue weighted by Gasteiger charge is 1.99. The lowest BCUT2D eigenvalue weighted by molar-refractivity contribution is -0.144. The van der Waals surface area contributed by atoms with E-state index in [4.69, 9.17) is 0 Å². The second kappa shape index (κ2) is 3.71. The molecule has 0 spiro atoms. The SMILES string of the molecule is CNC(=O)ON(C)C=O. The Hall–Kier alpha value is -1.26. The minimum Gasteiger partial charge on any atom is -0.323 e. The number of hydrogen-bond acceptors (Lipinski definition) is 3. The number of amides is 2. The molecule has 9 heavy (non-hydrogen) atoms. The Labute approximate surface area is 52.5 Å². The zero-order chi connectivity index (χ0) is 7.28.